The Morgan fingerprint density at radius 1 is 1.39 bits per heavy atom. The number of rotatable bonds is 5. The topological polar surface area (TPSA) is 57.6 Å². The Balaban J connectivity index is 2.28. The molecule has 1 amide bonds. The molecular formula is C16H16ClNO3S2. The van der Waals surface area contributed by atoms with E-state index in [9.17, 15) is 14.7 Å². The predicted octanol–water partition coefficient (Wildman–Crippen LogP) is 4.04. The standard InChI is InChI=1S/C16H16ClNO3S2/c1-9(2)7-12(15(20)21)18-14(19)13(23-16(18)22)8-10-3-5-11(17)6-4-10/h3-6,8-9,12H,7H2,1-2H3,(H,20,21)/b13-8-. The van der Waals surface area contributed by atoms with Gasteiger partial charge in [-0.25, -0.2) is 4.79 Å². The molecule has 1 aliphatic heterocycles. The summed E-state index contributed by atoms with van der Waals surface area (Å²) in [6.45, 7) is 3.83. The maximum atomic E-state index is 12.6. The molecule has 1 aliphatic rings. The van der Waals surface area contributed by atoms with Crippen molar-refractivity contribution < 1.29 is 14.7 Å². The zero-order valence-corrected chi connectivity index (χ0v) is 15.0. The molecule has 2 rings (SSSR count). The molecule has 23 heavy (non-hydrogen) atoms. The van der Waals surface area contributed by atoms with Gasteiger partial charge in [0.05, 0.1) is 4.91 Å². The molecule has 1 aromatic rings. The normalized spacial score (nSPS) is 18.1. The molecule has 1 aromatic carbocycles. The van der Waals surface area contributed by atoms with Gasteiger partial charge in [0.15, 0.2) is 0 Å². The number of aliphatic carboxylic acids is 1. The molecule has 1 heterocycles. The highest BCUT2D eigenvalue weighted by Crippen LogP contribution is 2.35. The summed E-state index contributed by atoms with van der Waals surface area (Å²) >= 11 is 12.2. The molecule has 0 aromatic heterocycles. The minimum absolute atomic E-state index is 0.140. The molecule has 7 heteroatoms. The van der Waals surface area contributed by atoms with Crippen LogP contribution in [-0.2, 0) is 9.59 Å². The van der Waals surface area contributed by atoms with E-state index in [4.69, 9.17) is 23.8 Å². The lowest BCUT2D eigenvalue weighted by molar-refractivity contribution is -0.145. The van der Waals surface area contributed by atoms with Crippen LogP contribution in [0.25, 0.3) is 6.08 Å². The molecule has 1 N–H and O–H groups in total. The van der Waals surface area contributed by atoms with Gasteiger partial charge in [-0.15, -0.1) is 0 Å². The van der Waals surface area contributed by atoms with Gasteiger partial charge in [-0.2, -0.15) is 0 Å². The van der Waals surface area contributed by atoms with Crippen molar-refractivity contribution in [2.45, 2.75) is 26.3 Å². The van der Waals surface area contributed by atoms with E-state index in [0.29, 0.717) is 16.3 Å². The highest BCUT2D eigenvalue weighted by Gasteiger charge is 2.40. The lowest BCUT2D eigenvalue weighted by Gasteiger charge is -2.24. The van der Waals surface area contributed by atoms with Gasteiger partial charge >= 0.3 is 5.97 Å². The van der Waals surface area contributed by atoms with E-state index in [0.717, 1.165) is 17.3 Å². The van der Waals surface area contributed by atoms with Crippen LogP contribution >= 0.6 is 35.6 Å². The van der Waals surface area contributed by atoms with Crippen molar-refractivity contribution in [1.82, 2.24) is 4.90 Å². The van der Waals surface area contributed by atoms with Gasteiger partial charge in [0.2, 0.25) is 0 Å². The largest absolute Gasteiger partial charge is 0.480 e. The van der Waals surface area contributed by atoms with E-state index in [1.807, 2.05) is 13.8 Å². The Bertz CT molecular complexity index is 670. The first-order valence-electron chi connectivity index (χ1n) is 7.05. The molecule has 4 nitrogen and oxygen atoms in total. The zero-order chi connectivity index (χ0) is 17.1. The molecular weight excluding hydrogens is 354 g/mol. The SMILES string of the molecule is CC(C)CC(C(=O)O)N1C(=O)/C(=C/c2ccc(Cl)cc2)SC1=S. The van der Waals surface area contributed by atoms with Gasteiger partial charge in [-0.1, -0.05) is 61.6 Å². The number of carboxylic acid groups (broad SMARTS) is 1. The number of benzene rings is 1. The fourth-order valence-corrected chi connectivity index (χ4v) is 3.70. The Morgan fingerprint density at radius 3 is 2.52 bits per heavy atom. The number of thioether (sulfide) groups is 1. The number of hydrogen-bond acceptors (Lipinski definition) is 4. The first kappa shape index (κ1) is 18.0. The maximum Gasteiger partial charge on any atom is 0.326 e. The van der Waals surface area contributed by atoms with Crippen LogP contribution in [0.15, 0.2) is 29.2 Å². The number of carboxylic acids is 1. The molecule has 122 valence electrons. The highest BCUT2D eigenvalue weighted by molar-refractivity contribution is 8.26. The number of nitrogens with zero attached hydrogens (tertiary/aromatic N) is 1. The van der Waals surface area contributed by atoms with Crippen LogP contribution < -0.4 is 0 Å². The zero-order valence-electron chi connectivity index (χ0n) is 12.7. The maximum absolute atomic E-state index is 12.6. The molecule has 1 fully saturated rings. The van der Waals surface area contributed by atoms with Gasteiger partial charge in [0.25, 0.3) is 5.91 Å². The third kappa shape index (κ3) is 4.34. The molecule has 0 saturated carbocycles. The van der Waals surface area contributed by atoms with E-state index in [1.54, 1.807) is 30.3 Å². The Kier molecular flexibility index (Phi) is 5.84. The third-order valence-electron chi connectivity index (χ3n) is 3.28. The second-order valence-electron chi connectivity index (χ2n) is 5.59. The Morgan fingerprint density at radius 2 is 2.00 bits per heavy atom. The molecule has 1 saturated heterocycles. The van der Waals surface area contributed by atoms with Gasteiger partial charge in [-0.05, 0) is 36.1 Å². The van der Waals surface area contributed by atoms with E-state index >= 15 is 0 Å². The molecule has 1 atom stereocenters. The van der Waals surface area contributed by atoms with Crippen LogP contribution in [0, 0.1) is 5.92 Å². The average Bonchev–Trinajstić information content (AvgIpc) is 2.73. The predicted molar refractivity (Wildman–Crippen MR) is 97.3 cm³/mol. The third-order valence-corrected chi connectivity index (χ3v) is 4.87. The van der Waals surface area contributed by atoms with Crippen molar-refractivity contribution in [3.05, 3.63) is 39.8 Å². The van der Waals surface area contributed by atoms with E-state index in [1.165, 1.54) is 4.90 Å². The Labute approximate surface area is 149 Å². The second-order valence-corrected chi connectivity index (χ2v) is 7.70. The van der Waals surface area contributed by atoms with E-state index < -0.39 is 12.0 Å². The lowest BCUT2D eigenvalue weighted by Crippen LogP contribution is -2.44. The van der Waals surface area contributed by atoms with Gasteiger partial charge < -0.3 is 5.11 Å². The number of halogens is 1. The summed E-state index contributed by atoms with van der Waals surface area (Å²) in [6.07, 6.45) is 2.06. The summed E-state index contributed by atoms with van der Waals surface area (Å²) in [5.41, 5.74) is 0.811. The van der Waals surface area contributed by atoms with Crippen molar-refractivity contribution in [3.8, 4) is 0 Å². The van der Waals surface area contributed by atoms with Gasteiger partial charge in [0.1, 0.15) is 10.4 Å². The molecule has 0 radical (unpaired) electrons. The fourth-order valence-electron chi connectivity index (χ4n) is 2.22. The molecule has 0 spiro atoms. The Hall–Kier alpha value is -1.37. The minimum Gasteiger partial charge on any atom is -0.480 e. The molecule has 0 bridgehead atoms. The summed E-state index contributed by atoms with van der Waals surface area (Å²) in [7, 11) is 0. The summed E-state index contributed by atoms with van der Waals surface area (Å²) in [4.78, 5) is 25.7. The van der Waals surface area contributed by atoms with Crippen LogP contribution in [0.1, 0.15) is 25.8 Å². The molecule has 1 unspecified atom stereocenters. The van der Waals surface area contributed by atoms with Crippen molar-refractivity contribution in [2.24, 2.45) is 5.92 Å². The molecule has 0 aliphatic carbocycles. The fraction of sp³-hybridized carbons (Fsp3) is 0.312. The van der Waals surface area contributed by atoms with Crippen molar-refractivity contribution >= 4 is 57.9 Å². The number of thiocarbonyl (C=S) groups is 1. The van der Waals surface area contributed by atoms with Crippen molar-refractivity contribution in [1.29, 1.82) is 0 Å². The second kappa shape index (κ2) is 7.47. The van der Waals surface area contributed by atoms with Gasteiger partial charge in [0, 0.05) is 5.02 Å². The van der Waals surface area contributed by atoms with E-state index in [2.05, 4.69) is 0 Å². The van der Waals surface area contributed by atoms with Crippen LogP contribution in [0.2, 0.25) is 5.02 Å². The van der Waals surface area contributed by atoms with Crippen LogP contribution in [-0.4, -0.2) is 32.2 Å². The summed E-state index contributed by atoms with van der Waals surface area (Å²) < 4.78 is 0.281. The van der Waals surface area contributed by atoms with Crippen molar-refractivity contribution in [3.63, 3.8) is 0 Å². The van der Waals surface area contributed by atoms with Crippen LogP contribution in [0.4, 0.5) is 0 Å². The summed E-state index contributed by atoms with van der Waals surface area (Å²) in [5.74, 6) is -1.26. The number of hydrogen-bond donors (Lipinski definition) is 1. The monoisotopic (exact) mass is 369 g/mol. The van der Waals surface area contributed by atoms with Gasteiger partial charge in [-0.3, -0.25) is 9.69 Å². The number of carbonyl (C=O) groups excluding carboxylic acids is 1. The minimum atomic E-state index is -1.04. The first-order valence-corrected chi connectivity index (χ1v) is 8.65. The first-order chi connectivity index (χ1) is 10.8. The summed E-state index contributed by atoms with van der Waals surface area (Å²) in [6, 6.07) is 6.11. The lowest BCUT2D eigenvalue weighted by atomic mass is 10.0. The highest BCUT2D eigenvalue weighted by atomic mass is 35.5. The van der Waals surface area contributed by atoms with Crippen LogP contribution in [0.3, 0.4) is 0 Å². The average molecular weight is 370 g/mol. The number of amides is 1. The smallest absolute Gasteiger partial charge is 0.326 e. The van der Waals surface area contributed by atoms with Crippen LogP contribution in [0.5, 0.6) is 0 Å². The van der Waals surface area contributed by atoms with Crippen molar-refractivity contribution in [2.75, 3.05) is 0 Å². The number of carbonyl (C=O) groups is 2. The van der Waals surface area contributed by atoms with E-state index in [-0.39, 0.29) is 16.1 Å². The quantitative estimate of drug-likeness (QED) is 0.627. The summed E-state index contributed by atoms with van der Waals surface area (Å²) in [5, 5.41) is 10.0.